The van der Waals surface area contributed by atoms with Crippen LogP contribution in [0.2, 0.25) is 0 Å². The van der Waals surface area contributed by atoms with Crippen molar-refractivity contribution >= 4 is 23.1 Å². The number of thioether (sulfide) groups is 1. The van der Waals surface area contributed by atoms with Gasteiger partial charge in [0.05, 0.1) is 5.60 Å². The van der Waals surface area contributed by atoms with Crippen molar-refractivity contribution in [2.24, 2.45) is 11.8 Å². The Morgan fingerprint density at radius 1 is 1.58 bits per heavy atom. The maximum atomic E-state index is 6.10. The lowest BCUT2D eigenvalue weighted by Gasteiger charge is -2.40. The zero-order chi connectivity index (χ0) is 13.1. The van der Waals surface area contributed by atoms with Crippen LogP contribution in [0.5, 0.6) is 0 Å². The highest BCUT2D eigenvalue weighted by Gasteiger charge is 2.42. The third-order valence-corrected chi connectivity index (χ3v) is 6.37. The molecule has 106 valence electrons. The molecule has 2 fully saturated rings. The number of hydrogen-bond acceptors (Lipinski definition) is 5. The van der Waals surface area contributed by atoms with Crippen molar-refractivity contribution in [1.82, 2.24) is 5.43 Å². The van der Waals surface area contributed by atoms with E-state index in [1.165, 1.54) is 29.9 Å². The van der Waals surface area contributed by atoms with Crippen LogP contribution in [0.3, 0.4) is 0 Å². The van der Waals surface area contributed by atoms with E-state index in [0.717, 1.165) is 19.4 Å². The minimum Gasteiger partial charge on any atom is -0.374 e. The minimum atomic E-state index is 0.150. The van der Waals surface area contributed by atoms with Crippen LogP contribution >= 0.6 is 23.1 Å². The summed E-state index contributed by atoms with van der Waals surface area (Å²) >= 11 is 3.79. The molecule has 3 N–H and O–H groups in total. The molecule has 0 radical (unpaired) electrons. The van der Waals surface area contributed by atoms with Gasteiger partial charge in [-0.15, -0.1) is 0 Å². The highest BCUT2D eigenvalue weighted by Crippen LogP contribution is 2.41. The Labute approximate surface area is 123 Å². The summed E-state index contributed by atoms with van der Waals surface area (Å²) in [5.41, 5.74) is 4.61. The lowest BCUT2D eigenvalue weighted by Crippen LogP contribution is -2.49. The fourth-order valence-corrected chi connectivity index (χ4v) is 5.36. The van der Waals surface area contributed by atoms with Crippen molar-refractivity contribution in [1.29, 1.82) is 0 Å². The lowest BCUT2D eigenvalue weighted by atomic mass is 9.80. The normalized spacial score (nSPS) is 32.8. The number of nitrogens with one attached hydrogen (secondary N) is 1. The molecule has 0 aliphatic carbocycles. The Morgan fingerprint density at radius 3 is 3.21 bits per heavy atom. The largest absolute Gasteiger partial charge is 0.374 e. The Kier molecular flexibility index (Phi) is 4.49. The second-order valence-corrected chi connectivity index (χ2v) is 7.58. The maximum absolute atomic E-state index is 6.10. The standard InChI is InChI=1S/C14H22N2OS2/c15-16-13(7-11-2-5-18-9-11)12-1-4-17-14(8-12)3-6-19-10-14/h2,5,9,12-13,16H,1,3-4,6-8,10,15H2. The zero-order valence-electron chi connectivity index (χ0n) is 11.1. The highest BCUT2D eigenvalue weighted by atomic mass is 32.2. The van der Waals surface area contributed by atoms with E-state index in [1.807, 2.05) is 11.8 Å². The summed E-state index contributed by atoms with van der Waals surface area (Å²) in [6, 6.07) is 2.58. The van der Waals surface area contributed by atoms with Crippen LogP contribution in [0.1, 0.15) is 24.8 Å². The van der Waals surface area contributed by atoms with Crippen molar-refractivity contribution in [2.45, 2.75) is 37.3 Å². The molecule has 1 aromatic rings. The van der Waals surface area contributed by atoms with Crippen molar-refractivity contribution in [3.63, 3.8) is 0 Å². The maximum Gasteiger partial charge on any atom is 0.0783 e. The first-order valence-electron chi connectivity index (χ1n) is 7.00. The van der Waals surface area contributed by atoms with Gasteiger partial charge in [0.1, 0.15) is 0 Å². The van der Waals surface area contributed by atoms with Crippen LogP contribution in [0.15, 0.2) is 16.8 Å². The van der Waals surface area contributed by atoms with Gasteiger partial charge in [-0.3, -0.25) is 11.3 Å². The molecule has 2 saturated heterocycles. The van der Waals surface area contributed by atoms with Crippen LogP contribution in [-0.4, -0.2) is 29.8 Å². The number of thiophene rings is 1. The van der Waals surface area contributed by atoms with Crippen LogP contribution in [-0.2, 0) is 11.2 Å². The Bertz CT molecular complexity index is 390. The number of hydrazine groups is 1. The molecule has 3 heterocycles. The number of nitrogens with two attached hydrogens (primary N) is 1. The van der Waals surface area contributed by atoms with E-state index in [-0.39, 0.29) is 5.60 Å². The SMILES string of the molecule is NNC(Cc1ccsc1)C1CCOC2(CCSC2)C1. The van der Waals surface area contributed by atoms with Crippen molar-refractivity contribution in [3.8, 4) is 0 Å². The molecule has 0 amide bonds. The first-order valence-corrected chi connectivity index (χ1v) is 9.10. The molecule has 1 spiro atoms. The summed E-state index contributed by atoms with van der Waals surface area (Å²) in [6.45, 7) is 0.896. The summed E-state index contributed by atoms with van der Waals surface area (Å²) in [7, 11) is 0. The van der Waals surface area contributed by atoms with Gasteiger partial charge in [-0.05, 0) is 59.7 Å². The molecule has 5 heteroatoms. The quantitative estimate of drug-likeness (QED) is 0.662. The van der Waals surface area contributed by atoms with Crippen LogP contribution in [0.4, 0.5) is 0 Å². The van der Waals surface area contributed by atoms with E-state index in [1.54, 1.807) is 11.3 Å². The molecule has 3 nitrogen and oxygen atoms in total. The Balaban J connectivity index is 1.65. The summed E-state index contributed by atoms with van der Waals surface area (Å²) in [4.78, 5) is 0. The van der Waals surface area contributed by atoms with Crippen molar-refractivity contribution < 1.29 is 4.74 Å². The molecule has 3 rings (SSSR count). The van der Waals surface area contributed by atoms with E-state index in [9.17, 15) is 0 Å². The van der Waals surface area contributed by atoms with E-state index in [0.29, 0.717) is 12.0 Å². The van der Waals surface area contributed by atoms with Gasteiger partial charge in [0, 0.05) is 18.4 Å². The van der Waals surface area contributed by atoms with Gasteiger partial charge >= 0.3 is 0 Å². The monoisotopic (exact) mass is 298 g/mol. The van der Waals surface area contributed by atoms with Crippen molar-refractivity contribution in [2.75, 3.05) is 18.1 Å². The number of ether oxygens (including phenoxy) is 1. The molecule has 19 heavy (non-hydrogen) atoms. The second-order valence-electron chi connectivity index (χ2n) is 5.70. The summed E-state index contributed by atoms with van der Waals surface area (Å²) in [5.74, 6) is 8.87. The van der Waals surface area contributed by atoms with Gasteiger partial charge < -0.3 is 4.74 Å². The van der Waals surface area contributed by atoms with E-state index in [4.69, 9.17) is 10.6 Å². The Hall–Kier alpha value is -0.0700. The summed E-state index contributed by atoms with van der Waals surface area (Å²) in [6.07, 6.45) is 4.54. The van der Waals surface area contributed by atoms with Crippen LogP contribution < -0.4 is 11.3 Å². The highest BCUT2D eigenvalue weighted by molar-refractivity contribution is 7.99. The molecule has 3 unspecified atom stereocenters. The van der Waals surface area contributed by atoms with Crippen LogP contribution in [0, 0.1) is 5.92 Å². The lowest BCUT2D eigenvalue weighted by molar-refractivity contribution is -0.0850. The van der Waals surface area contributed by atoms with Gasteiger partial charge in [-0.25, -0.2) is 0 Å². The predicted molar refractivity (Wildman–Crippen MR) is 82.5 cm³/mol. The fourth-order valence-electron chi connectivity index (χ4n) is 3.30. The molecule has 0 bridgehead atoms. The predicted octanol–water partition coefficient (Wildman–Crippen LogP) is 2.42. The third-order valence-electron chi connectivity index (χ3n) is 4.42. The molecule has 0 saturated carbocycles. The molecular weight excluding hydrogens is 276 g/mol. The molecule has 1 aromatic heterocycles. The van der Waals surface area contributed by atoms with Crippen LogP contribution in [0.25, 0.3) is 0 Å². The average Bonchev–Trinajstić information content (AvgIpc) is 3.08. The molecular formula is C14H22N2OS2. The Morgan fingerprint density at radius 2 is 2.53 bits per heavy atom. The van der Waals surface area contributed by atoms with Gasteiger partial charge in [-0.1, -0.05) is 0 Å². The molecule has 2 aliphatic rings. The first kappa shape index (κ1) is 13.9. The van der Waals surface area contributed by atoms with Gasteiger partial charge in [0.2, 0.25) is 0 Å². The first-order chi connectivity index (χ1) is 9.31. The average molecular weight is 298 g/mol. The van der Waals surface area contributed by atoms with E-state index >= 15 is 0 Å². The van der Waals surface area contributed by atoms with Gasteiger partial charge in [0.15, 0.2) is 0 Å². The molecule has 3 atom stereocenters. The summed E-state index contributed by atoms with van der Waals surface area (Å²) in [5, 5.41) is 4.37. The number of hydrogen-bond donors (Lipinski definition) is 2. The second kappa shape index (κ2) is 6.14. The minimum absolute atomic E-state index is 0.150. The van der Waals surface area contributed by atoms with Crippen molar-refractivity contribution in [3.05, 3.63) is 22.4 Å². The number of rotatable bonds is 4. The fraction of sp³-hybridized carbons (Fsp3) is 0.714. The van der Waals surface area contributed by atoms with Gasteiger partial charge in [0.25, 0.3) is 0 Å². The topological polar surface area (TPSA) is 47.3 Å². The third kappa shape index (κ3) is 3.16. The molecule has 2 aliphatic heterocycles. The van der Waals surface area contributed by atoms with E-state index < -0.39 is 0 Å². The molecule has 0 aromatic carbocycles. The smallest absolute Gasteiger partial charge is 0.0783 e. The zero-order valence-corrected chi connectivity index (χ0v) is 12.8. The van der Waals surface area contributed by atoms with Gasteiger partial charge in [-0.2, -0.15) is 23.1 Å². The van der Waals surface area contributed by atoms with E-state index in [2.05, 4.69) is 22.3 Å². The summed E-state index contributed by atoms with van der Waals surface area (Å²) < 4.78 is 6.10.